The number of aliphatic carboxylic acids is 1. The van der Waals surface area contributed by atoms with E-state index in [1.165, 1.54) is 12.0 Å². The van der Waals surface area contributed by atoms with Crippen LogP contribution in [-0.2, 0) is 11.2 Å². The van der Waals surface area contributed by atoms with E-state index < -0.39 is 11.9 Å². The van der Waals surface area contributed by atoms with Gasteiger partial charge in [-0.05, 0) is 42.3 Å². The van der Waals surface area contributed by atoms with Gasteiger partial charge in [0, 0.05) is 12.5 Å². The van der Waals surface area contributed by atoms with Gasteiger partial charge in [-0.2, -0.15) is 5.21 Å². The average Bonchev–Trinajstić information content (AvgIpc) is 3.28. The molecule has 3 unspecified atom stereocenters. The summed E-state index contributed by atoms with van der Waals surface area (Å²) in [4.78, 5) is 11.8. The highest BCUT2D eigenvalue weighted by atomic mass is 16.4. The smallest absolute Gasteiger partial charge is 0.307 e. The highest BCUT2D eigenvalue weighted by molar-refractivity contribution is 5.71. The van der Waals surface area contributed by atoms with Crippen LogP contribution >= 0.6 is 0 Å². The van der Waals surface area contributed by atoms with Crippen LogP contribution in [0.2, 0.25) is 0 Å². The number of carboxylic acids is 1. The SMILES string of the molecule is CC(C)C(C(=O)O)C(Cc1ccc(C2CCNC2)cc1)c1nn[nH]n1. The zero-order valence-corrected chi connectivity index (χ0v) is 14.6. The highest BCUT2D eigenvalue weighted by Gasteiger charge is 2.35. The number of hydrogen-bond donors (Lipinski definition) is 3. The van der Waals surface area contributed by atoms with E-state index in [1.54, 1.807) is 0 Å². The van der Waals surface area contributed by atoms with Crippen LogP contribution in [0.1, 0.15) is 49.1 Å². The normalized spacial score (nSPS) is 19.9. The van der Waals surface area contributed by atoms with Crippen LogP contribution in [0.4, 0.5) is 0 Å². The summed E-state index contributed by atoms with van der Waals surface area (Å²) >= 11 is 0. The Morgan fingerprint density at radius 3 is 2.60 bits per heavy atom. The van der Waals surface area contributed by atoms with Crippen molar-refractivity contribution < 1.29 is 9.90 Å². The number of benzene rings is 1. The molecular weight excluding hydrogens is 318 g/mol. The van der Waals surface area contributed by atoms with Gasteiger partial charge in [-0.15, -0.1) is 10.2 Å². The average molecular weight is 343 g/mol. The maximum Gasteiger partial charge on any atom is 0.307 e. The Labute approximate surface area is 147 Å². The predicted molar refractivity (Wildman–Crippen MR) is 93.3 cm³/mol. The molecule has 1 aliphatic heterocycles. The summed E-state index contributed by atoms with van der Waals surface area (Å²) in [6, 6.07) is 8.51. The third-order valence-corrected chi connectivity index (χ3v) is 5.10. The molecule has 0 saturated carbocycles. The predicted octanol–water partition coefficient (Wildman–Crippen LogP) is 1.96. The molecule has 3 rings (SSSR count). The van der Waals surface area contributed by atoms with E-state index in [4.69, 9.17) is 0 Å². The Morgan fingerprint density at radius 1 is 1.32 bits per heavy atom. The van der Waals surface area contributed by atoms with Crippen LogP contribution in [0.15, 0.2) is 24.3 Å². The molecule has 0 amide bonds. The van der Waals surface area contributed by atoms with Gasteiger partial charge in [-0.1, -0.05) is 43.3 Å². The fourth-order valence-electron chi connectivity index (χ4n) is 3.75. The van der Waals surface area contributed by atoms with Crippen LogP contribution in [0.3, 0.4) is 0 Å². The van der Waals surface area contributed by atoms with Crippen molar-refractivity contribution in [2.45, 2.75) is 38.5 Å². The zero-order chi connectivity index (χ0) is 17.8. The minimum atomic E-state index is -0.821. The lowest BCUT2D eigenvalue weighted by atomic mass is 9.79. The van der Waals surface area contributed by atoms with Gasteiger partial charge in [-0.25, -0.2) is 0 Å². The van der Waals surface area contributed by atoms with Crippen molar-refractivity contribution in [3.05, 3.63) is 41.2 Å². The van der Waals surface area contributed by atoms with E-state index in [0.29, 0.717) is 18.2 Å². The lowest BCUT2D eigenvalue weighted by molar-refractivity contribution is -0.144. The molecule has 1 saturated heterocycles. The minimum Gasteiger partial charge on any atom is -0.481 e. The highest BCUT2D eigenvalue weighted by Crippen LogP contribution is 2.32. The fraction of sp³-hybridized carbons (Fsp3) is 0.556. The van der Waals surface area contributed by atoms with E-state index in [-0.39, 0.29) is 11.8 Å². The number of nitrogens with one attached hydrogen (secondary N) is 2. The summed E-state index contributed by atoms with van der Waals surface area (Å²) in [5.41, 5.74) is 2.43. The quantitative estimate of drug-likeness (QED) is 0.710. The van der Waals surface area contributed by atoms with Gasteiger partial charge in [0.25, 0.3) is 0 Å². The molecule has 1 aromatic heterocycles. The van der Waals surface area contributed by atoms with Crippen molar-refractivity contribution in [1.82, 2.24) is 25.9 Å². The molecule has 1 aliphatic rings. The Hall–Kier alpha value is -2.28. The Bertz CT molecular complexity index is 678. The molecule has 1 fully saturated rings. The number of hydrogen-bond acceptors (Lipinski definition) is 5. The van der Waals surface area contributed by atoms with E-state index in [9.17, 15) is 9.90 Å². The maximum atomic E-state index is 11.8. The molecule has 25 heavy (non-hydrogen) atoms. The first-order valence-electron chi connectivity index (χ1n) is 8.82. The molecule has 0 radical (unpaired) electrons. The van der Waals surface area contributed by atoms with Gasteiger partial charge < -0.3 is 10.4 Å². The monoisotopic (exact) mass is 343 g/mol. The first kappa shape index (κ1) is 17.5. The second kappa shape index (κ2) is 7.74. The largest absolute Gasteiger partial charge is 0.481 e. The molecule has 0 spiro atoms. The standard InChI is InChI=1S/C18H25N5O2/c1-11(2)16(18(24)25)15(17-20-22-23-21-17)9-12-3-5-13(6-4-12)14-7-8-19-10-14/h3-6,11,14-16,19H,7-10H2,1-2H3,(H,24,25)(H,20,21,22,23). The Morgan fingerprint density at radius 2 is 2.08 bits per heavy atom. The molecule has 0 aliphatic carbocycles. The van der Waals surface area contributed by atoms with Crippen LogP contribution in [-0.4, -0.2) is 44.8 Å². The van der Waals surface area contributed by atoms with E-state index in [1.807, 2.05) is 13.8 Å². The number of nitrogens with zero attached hydrogens (tertiary/aromatic N) is 3. The molecule has 3 atom stereocenters. The van der Waals surface area contributed by atoms with E-state index in [2.05, 4.69) is 50.2 Å². The van der Waals surface area contributed by atoms with Gasteiger partial charge in [0.15, 0.2) is 5.82 Å². The third kappa shape index (κ3) is 4.04. The molecule has 7 nitrogen and oxygen atoms in total. The first-order chi connectivity index (χ1) is 12.1. The lowest BCUT2D eigenvalue weighted by Crippen LogP contribution is -2.29. The fourth-order valence-corrected chi connectivity index (χ4v) is 3.75. The summed E-state index contributed by atoms with van der Waals surface area (Å²) in [5.74, 6) is -0.676. The third-order valence-electron chi connectivity index (χ3n) is 5.10. The summed E-state index contributed by atoms with van der Waals surface area (Å²) in [6.07, 6.45) is 1.75. The Kier molecular flexibility index (Phi) is 5.43. The van der Waals surface area contributed by atoms with Crippen molar-refractivity contribution in [2.24, 2.45) is 11.8 Å². The van der Waals surface area contributed by atoms with Gasteiger partial charge in [0.05, 0.1) is 5.92 Å². The molecule has 3 N–H and O–H groups in total. The number of carboxylic acid groups (broad SMARTS) is 1. The number of aromatic amines is 1. The van der Waals surface area contributed by atoms with Crippen molar-refractivity contribution in [3.8, 4) is 0 Å². The molecule has 2 aromatic rings. The molecule has 7 heteroatoms. The topological polar surface area (TPSA) is 104 Å². The van der Waals surface area contributed by atoms with E-state index in [0.717, 1.165) is 18.7 Å². The minimum absolute atomic E-state index is 0.0233. The maximum absolute atomic E-state index is 11.8. The molecular formula is C18H25N5O2. The van der Waals surface area contributed by atoms with Gasteiger partial charge in [0.2, 0.25) is 0 Å². The molecule has 2 heterocycles. The van der Waals surface area contributed by atoms with Crippen LogP contribution in [0.25, 0.3) is 0 Å². The number of aromatic nitrogens is 4. The summed E-state index contributed by atoms with van der Waals surface area (Å²) < 4.78 is 0. The van der Waals surface area contributed by atoms with Gasteiger partial charge >= 0.3 is 5.97 Å². The second-order valence-electron chi connectivity index (χ2n) is 7.12. The number of rotatable bonds is 7. The van der Waals surface area contributed by atoms with Crippen molar-refractivity contribution in [2.75, 3.05) is 13.1 Å². The van der Waals surface area contributed by atoms with Crippen molar-refractivity contribution >= 4 is 5.97 Å². The molecule has 134 valence electrons. The molecule has 1 aromatic carbocycles. The van der Waals surface area contributed by atoms with Crippen LogP contribution in [0, 0.1) is 11.8 Å². The van der Waals surface area contributed by atoms with Gasteiger partial charge in [-0.3, -0.25) is 4.79 Å². The summed E-state index contributed by atoms with van der Waals surface area (Å²) in [5, 5.41) is 27.3. The number of H-pyrrole nitrogens is 1. The Balaban J connectivity index is 1.81. The summed E-state index contributed by atoms with van der Waals surface area (Å²) in [7, 11) is 0. The lowest BCUT2D eigenvalue weighted by Gasteiger charge is -2.24. The zero-order valence-electron chi connectivity index (χ0n) is 14.6. The van der Waals surface area contributed by atoms with Crippen LogP contribution < -0.4 is 5.32 Å². The molecule has 0 bridgehead atoms. The summed E-state index contributed by atoms with van der Waals surface area (Å²) in [6.45, 7) is 5.93. The van der Waals surface area contributed by atoms with Crippen molar-refractivity contribution in [3.63, 3.8) is 0 Å². The van der Waals surface area contributed by atoms with Gasteiger partial charge in [0.1, 0.15) is 0 Å². The second-order valence-corrected chi connectivity index (χ2v) is 7.12. The number of tetrazole rings is 1. The number of carbonyl (C=O) groups is 1. The first-order valence-corrected chi connectivity index (χ1v) is 8.82. The van der Waals surface area contributed by atoms with Crippen molar-refractivity contribution in [1.29, 1.82) is 0 Å². The van der Waals surface area contributed by atoms with E-state index >= 15 is 0 Å². The van der Waals surface area contributed by atoms with Crippen LogP contribution in [0.5, 0.6) is 0 Å².